The van der Waals surface area contributed by atoms with Crippen LogP contribution in [0.4, 0.5) is 0 Å². The molecule has 0 radical (unpaired) electrons. The average molecular weight is 254 g/mol. The number of nitrogens with one attached hydrogen (secondary N) is 1. The van der Waals surface area contributed by atoms with Gasteiger partial charge in [-0.15, -0.1) is 0 Å². The first-order valence-corrected chi connectivity index (χ1v) is 7.65. The van der Waals surface area contributed by atoms with Crippen LogP contribution >= 0.6 is 0 Å². The Morgan fingerprint density at radius 1 is 1.39 bits per heavy atom. The molecule has 1 N–H and O–H groups in total. The lowest BCUT2D eigenvalue weighted by atomic mass is 9.91. The van der Waals surface area contributed by atoms with Gasteiger partial charge in [0.15, 0.2) is 0 Å². The van der Waals surface area contributed by atoms with Gasteiger partial charge < -0.3 is 10.1 Å². The molecule has 2 rings (SSSR count). The molecule has 1 saturated carbocycles. The van der Waals surface area contributed by atoms with Gasteiger partial charge >= 0.3 is 0 Å². The lowest BCUT2D eigenvalue weighted by Gasteiger charge is -2.30. The molecule has 3 nitrogen and oxygen atoms in total. The van der Waals surface area contributed by atoms with Crippen molar-refractivity contribution >= 4 is 0 Å². The molecule has 0 aromatic heterocycles. The molecular weight excluding hydrogens is 224 g/mol. The van der Waals surface area contributed by atoms with E-state index in [-0.39, 0.29) is 0 Å². The van der Waals surface area contributed by atoms with E-state index in [1.165, 1.54) is 45.3 Å². The van der Waals surface area contributed by atoms with Crippen LogP contribution in [0.2, 0.25) is 0 Å². The SMILES string of the molecule is CCC(C)N(CCOC)CC1CC12CCNCC2. The Bertz CT molecular complexity index is 251. The maximum Gasteiger partial charge on any atom is 0.0589 e. The van der Waals surface area contributed by atoms with Crippen molar-refractivity contribution in [3.63, 3.8) is 0 Å². The number of ether oxygens (including phenoxy) is 1. The highest BCUT2D eigenvalue weighted by Gasteiger charge is 2.53. The Kier molecular flexibility index (Phi) is 5.05. The maximum atomic E-state index is 5.25. The van der Waals surface area contributed by atoms with E-state index in [2.05, 4.69) is 24.1 Å². The van der Waals surface area contributed by atoms with E-state index in [0.717, 1.165) is 19.1 Å². The normalized spacial score (nSPS) is 27.7. The predicted molar refractivity (Wildman–Crippen MR) is 75.8 cm³/mol. The lowest BCUT2D eigenvalue weighted by molar-refractivity contribution is 0.113. The summed E-state index contributed by atoms with van der Waals surface area (Å²) in [7, 11) is 1.81. The molecule has 0 aromatic carbocycles. The van der Waals surface area contributed by atoms with E-state index in [1.807, 2.05) is 0 Å². The fourth-order valence-electron chi connectivity index (χ4n) is 3.47. The first kappa shape index (κ1) is 14.3. The second-order valence-electron chi connectivity index (χ2n) is 6.26. The average Bonchev–Trinajstić information content (AvgIpc) is 3.06. The monoisotopic (exact) mass is 254 g/mol. The van der Waals surface area contributed by atoms with Crippen LogP contribution in [0.15, 0.2) is 0 Å². The molecule has 0 amide bonds. The highest BCUT2D eigenvalue weighted by atomic mass is 16.5. The molecule has 1 saturated heterocycles. The molecule has 2 unspecified atom stereocenters. The Morgan fingerprint density at radius 2 is 2.11 bits per heavy atom. The summed E-state index contributed by atoms with van der Waals surface area (Å²) in [6.07, 6.45) is 5.51. The fourth-order valence-corrected chi connectivity index (χ4v) is 3.47. The van der Waals surface area contributed by atoms with E-state index in [9.17, 15) is 0 Å². The van der Waals surface area contributed by atoms with Crippen molar-refractivity contribution < 1.29 is 4.74 Å². The Hall–Kier alpha value is -0.120. The lowest BCUT2D eigenvalue weighted by Crippen LogP contribution is -2.38. The van der Waals surface area contributed by atoms with E-state index in [1.54, 1.807) is 7.11 Å². The van der Waals surface area contributed by atoms with Gasteiger partial charge in [-0.1, -0.05) is 6.92 Å². The summed E-state index contributed by atoms with van der Waals surface area (Å²) < 4.78 is 5.25. The number of hydrogen-bond acceptors (Lipinski definition) is 3. The van der Waals surface area contributed by atoms with Gasteiger partial charge in [-0.3, -0.25) is 4.90 Å². The van der Waals surface area contributed by atoms with Gasteiger partial charge in [0, 0.05) is 26.2 Å². The summed E-state index contributed by atoms with van der Waals surface area (Å²) in [6.45, 7) is 10.4. The largest absolute Gasteiger partial charge is 0.383 e. The van der Waals surface area contributed by atoms with E-state index >= 15 is 0 Å². The number of rotatable bonds is 7. The summed E-state index contributed by atoms with van der Waals surface area (Å²) in [5.74, 6) is 0.949. The molecular formula is C15H30N2O. The minimum Gasteiger partial charge on any atom is -0.383 e. The summed E-state index contributed by atoms with van der Waals surface area (Å²) in [6, 6.07) is 0.694. The molecule has 0 bridgehead atoms. The van der Waals surface area contributed by atoms with Crippen LogP contribution in [0.25, 0.3) is 0 Å². The third kappa shape index (κ3) is 3.25. The van der Waals surface area contributed by atoms with Crippen LogP contribution in [0.1, 0.15) is 39.5 Å². The molecule has 18 heavy (non-hydrogen) atoms. The fraction of sp³-hybridized carbons (Fsp3) is 1.00. The van der Waals surface area contributed by atoms with Gasteiger partial charge in [0.2, 0.25) is 0 Å². The van der Waals surface area contributed by atoms with Crippen molar-refractivity contribution in [1.82, 2.24) is 10.2 Å². The Labute approximate surface area is 112 Å². The number of piperidine rings is 1. The van der Waals surface area contributed by atoms with Crippen molar-refractivity contribution in [2.45, 2.75) is 45.6 Å². The number of hydrogen-bond donors (Lipinski definition) is 1. The van der Waals surface area contributed by atoms with Crippen LogP contribution in [0.5, 0.6) is 0 Å². The smallest absolute Gasteiger partial charge is 0.0589 e. The first-order chi connectivity index (χ1) is 8.72. The highest BCUT2D eigenvalue weighted by Crippen LogP contribution is 2.58. The zero-order chi connectivity index (χ0) is 13.0. The van der Waals surface area contributed by atoms with Crippen LogP contribution in [-0.2, 0) is 4.74 Å². The van der Waals surface area contributed by atoms with E-state index in [4.69, 9.17) is 4.74 Å². The molecule has 1 aliphatic carbocycles. The predicted octanol–water partition coefficient (Wildman–Crippen LogP) is 2.12. The maximum absolute atomic E-state index is 5.25. The van der Waals surface area contributed by atoms with Gasteiger partial charge in [-0.05, 0) is 57.0 Å². The minimum atomic E-state index is 0.694. The zero-order valence-corrected chi connectivity index (χ0v) is 12.4. The van der Waals surface area contributed by atoms with Crippen molar-refractivity contribution in [2.24, 2.45) is 11.3 Å². The van der Waals surface area contributed by atoms with Gasteiger partial charge in [-0.2, -0.15) is 0 Å². The summed E-state index contributed by atoms with van der Waals surface area (Å²) in [4.78, 5) is 2.64. The second kappa shape index (κ2) is 6.36. The van der Waals surface area contributed by atoms with Crippen molar-refractivity contribution in [3.8, 4) is 0 Å². The topological polar surface area (TPSA) is 24.5 Å². The van der Waals surface area contributed by atoms with Crippen LogP contribution in [0, 0.1) is 11.3 Å². The van der Waals surface area contributed by atoms with Crippen LogP contribution in [0.3, 0.4) is 0 Å². The third-order valence-corrected chi connectivity index (χ3v) is 5.21. The summed E-state index contributed by atoms with van der Waals surface area (Å²) in [5, 5.41) is 3.49. The van der Waals surface area contributed by atoms with Crippen molar-refractivity contribution in [1.29, 1.82) is 0 Å². The van der Waals surface area contributed by atoms with Gasteiger partial charge in [-0.25, -0.2) is 0 Å². The number of methoxy groups -OCH3 is 1. The third-order valence-electron chi connectivity index (χ3n) is 5.21. The number of nitrogens with zero attached hydrogens (tertiary/aromatic N) is 1. The quantitative estimate of drug-likeness (QED) is 0.753. The Balaban J connectivity index is 1.82. The molecule has 3 heteroatoms. The second-order valence-corrected chi connectivity index (χ2v) is 6.26. The Morgan fingerprint density at radius 3 is 2.72 bits per heavy atom. The molecule has 2 aliphatic rings. The molecule has 2 fully saturated rings. The summed E-state index contributed by atoms with van der Waals surface area (Å²) >= 11 is 0. The molecule has 2 atom stereocenters. The molecule has 106 valence electrons. The van der Waals surface area contributed by atoms with Crippen LogP contribution < -0.4 is 5.32 Å². The zero-order valence-electron chi connectivity index (χ0n) is 12.4. The highest BCUT2D eigenvalue weighted by molar-refractivity contribution is 5.05. The van der Waals surface area contributed by atoms with E-state index in [0.29, 0.717) is 11.5 Å². The summed E-state index contributed by atoms with van der Waals surface area (Å²) in [5.41, 5.74) is 0.712. The van der Waals surface area contributed by atoms with Gasteiger partial charge in [0.1, 0.15) is 0 Å². The molecule has 0 aromatic rings. The van der Waals surface area contributed by atoms with Gasteiger partial charge in [0.25, 0.3) is 0 Å². The minimum absolute atomic E-state index is 0.694. The van der Waals surface area contributed by atoms with Crippen LogP contribution in [-0.4, -0.2) is 50.8 Å². The van der Waals surface area contributed by atoms with E-state index < -0.39 is 0 Å². The molecule has 1 aliphatic heterocycles. The van der Waals surface area contributed by atoms with Gasteiger partial charge in [0.05, 0.1) is 6.61 Å². The van der Waals surface area contributed by atoms with Crippen molar-refractivity contribution in [3.05, 3.63) is 0 Å². The molecule has 1 spiro atoms. The van der Waals surface area contributed by atoms with Crippen molar-refractivity contribution in [2.75, 3.05) is 39.9 Å². The standard InChI is InChI=1S/C15H30N2O/c1-4-13(2)17(9-10-18-3)12-14-11-15(14)5-7-16-8-6-15/h13-14,16H,4-12H2,1-3H3. The first-order valence-electron chi connectivity index (χ1n) is 7.65. The molecule has 1 heterocycles.